The van der Waals surface area contributed by atoms with Crippen LogP contribution in [0.1, 0.15) is 69.8 Å². The van der Waals surface area contributed by atoms with E-state index in [0.717, 1.165) is 79.8 Å². The lowest BCUT2D eigenvalue weighted by Crippen LogP contribution is -2.40. The number of unbranched alkanes of at least 4 members (excludes halogenated alkanes) is 4. The van der Waals surface area contributed by atoms with Crippen LogP contribution in [0.4, 0.5) is 22.1 Å². The van der Waals surface area contributed by atoms with E-state index in [9.17, 15) is 19.2 Å². The number of ether oxygens (including phenoxy) is 1. The van der Waals surface area contributed by atoms with Gasteiger partial charge in [0.2, 0.25) is 17.6 Å². The van der Waals surface area contributed by atoms with E-state index < -0.39 is 11.7 Å². The Morgan fingerprint density at radius 2 is 1.76 bits per heavy atom. The molecule has 63 heavy (non-hydrogen) atoms. The molecule has 0 spiro atoms. The van der Waals surface area contributed by atoms with Crippen molar-refractivity contribution in [3.63, 3.8) is 0 Å². The van der Waals surface area contributed by atoms with E-state index in [1.165, 1.54) is 23.3 Å². The molecule has 17 heteroatoms. The molecule has 0 saturated carbocycles. The summed E-state index contributed by atoms with van der Waals surface area (Å²) < 4.78 is 17.4. The highest BCUT2D eigenvalue weighted by molar-refractivity contribution is 8.00. The molecule has 4 aromatic heterocycles. The molecule has 2 saturated heterocycles. The summed E-state index contributed by atoms with van der Waals surface area (Å²) in [6.45, 7) is 2.24. The number of para-hydroxylation sites is 1. The van der Waals surface area contributed by atoms with E-state index in [4.69, 9.17) is 13.6 Å². The van der Waals surface area contributed by atoms with E-state index in [-0.39, 0.29) is 29.9 Å². The molecule has 16 nitrogen and oxygen atoms in total. The fourth-order valence-electron chi connectivity index (χ4n) is 8.97. The van der Waals surface area contributed by atoms with Crippen LogP contribution in [0.3, 0.4) is 0 Å². The number of rotatable bonds is 21. The summed E-state index contributed by atoms with van der Waals surface area (Å²) in [6, 6.07) is 14.9. The molecular formula is C46H53N9O7S. The first-order valence-electron chi connectivity index (χ1n) is 22.1. The number of hydrogen-bond donors (Lipinski definition) is 6. The van der Waals surface area contributed by atoms with Gasteiger partial charge in [0.05, 0.1) is 25.0 Å². The smallest absolute Gasteiger partial charge is 0.336 e. The molecular weight excluding hydrogens is 823 g/mol. The van der Waals surface area contributed by atoms with Crippen LogP contribution >= 0.6 is 11.8 Å². The summed E-state index contributed by atoms with van der Waals surface area (Å²) in [5, 5.41) is 19.0. The Bertz CT molecular complexity index is 2650. The number of H-pyrrole nitrogens is 1. The first-order valence-corrected chi connectivity index (χ1v) is 23.2. The maximum absolute atomic E-state index is 13.7. The Kier molecular flexibility index (Phi) is 13.0. The molecule has 2 fully saturated rings. The van der Waals surface area contributed by atoms with Crippen molar-refractivity contribution in [2.75, 3.05) is 47.9 Å². The zero-order valence-corrected chi connectivity index (χ0v) is 35.9. The topological polar surface area (TPSA) is 209 Å². The number of fused-ring (bicyclic) bond motifs is 5. The van der Waals surface area contributed by atoms with Crippen molar-refractivity contribution >= 4 is 79.8 Å². The molecule has 4 atom stereocenters. The van der Waals surface area contributed by atoms with E-state index in [1.54, 1.807) is 12.3 Å². The van der Waals surface area contributed by atoms with E-state index in [1.807, 2.05) is 47.1 Å². The predicted molar refractivity (Wildman–Crippen MR) is 245 cm³/mol. The number of aromatic nitrogens is 3. The highest BCUT2D eigenvalue weighted by Gasteiger charge is 2.42. The molecule has 4 amide bonds. The summed E-state index contributed by atoms with van der Waals surface area (Å²) in [4.78, 5) is 65.1. The largest absolute Gasteiger partial charge is 0.486 e. The SMILES string of the molecule is O=C1NC2CSC(CCCCC(=O)N(CCCCCOc3c4occc4cc4ccc(=O)oc34)CCCC[C@H]3Nc4ncnc(NCCc5c[nH]c6ccccc56)c4NC3=O)C2N1. The quantitative estimate of drug-likeness (QED) is 0.0242. The van der Waals surface area contributed by atoms with Crippen LogP contribution in [0.15, 0.2) is 80.9 Å². The second-order valence-corrected chi connectivity index (χ2v) is 17.8. The number of anilines is 3. The van der Waals surface area contributed by atoms with Crippen molar-refractivity contribution in [3.8, 4) is 5.75 Å². The van der Waals surface area contributed by atoms with Crippen LogP contribution in [-0.4, -0.2) is 93.1 Å². The van der Waals surface area contributed by atoms with Crippen LogP contribution in [-0.2, 0) is 16.0 Å². The monoisotopic (exact) mass is 875 g/mol. The maximum atomic E-state index is 13.7. The fourth-order valence-corrected chi connectivity index (χ4v) is 10.5. The summed E-state index contributed by atoms with van der Waals surface area (Å²) >= 11 is 1.89. The number of benzene rings is 2. The summed E-state index contributed by atoms with van der Waals surface area (Å²) in [6.07, 6.45) is 13.5. The van der Waals surface area contributed by atoms with Gasteiger partial charge >= 0.3 is 11.7 Å². The second-order valence-electron chi connectivity index (χ2n) is 16.5. The number of nitrogens with one attached hydrogen (secondary N) is 6. The van der Waals surface area contributed by atoms with Crippen molar-refractivity contribution in [1.82, 2.24) is 30.5 Å². The molecule has 7 heterocycles. The molecule has 3 unspecified atom stereocenters. The summed E-state index contributed by atoms with van der Waals surface area (Å²) in [7, 11) is 0. The summed E-state index contributed by atoms with van der Waals surface area (Å²) in [5.74, 6) is 2.50. The molecule has 0 aliphatic carbocycles. The lowest BCUT2D eigenvalue weighted by atomic mass is 10.0. The molecule has 330 valence electrons. The number of amides is 4. The Morgan fingerprint density at radius 3 is 2.68 bits per heavy atom. The van der Waals surface area contributed by atoms with E-state index in [0.29, 0.717) is 78.6 Å². The Labute approximate surface area is 368 Å². The van der Waals surface area contributed by atoms with E-state index >= 15 is 0 Å². The van der Waals surface area contributed by atoms with Crippen molar-refractivity contribution in [2.24, 2.45) is 0 Å². The Hall–Kier alpha value is -6.23. The average molecular weight is 876 g/mol. The van der Waals surface area contributed by atoms with Gasteiger partial charge in [0.1, 0.15) is 18.1 Å². The lowest BCUT2D eigenvalue weighted by Gasteiger charge is -2.27. The molecule has 0 radical (unpaired) electrons. The number of nitrogens with zero attached hydrogens (tertiary/aromatic N) is 3. The first kappa shape index (κ1) is 42.1. The average Bonchev–Trinajstić information content (AvgIpc) is 4.09. The number of hydrogen-bond acceptors (Lipinski definition) is 12. The molecule has 3 aliphatic heterocycles. The molecule has 6 aromatic rings. The molecule has 3 aliphatic rings. The molecule has 0 bridgehead atoms. The zero-order chi connectivity index (χ0) is 43.1. The van der Waals surface area contributed by atoms with Gasteiger partial charge in [-0.25, -0.2) is 19.6 Å². The molecule has 2 aromatic carbocycles. The van der Waals surface area contributed by atoms with Gasteiger partial charge in [-0.15, -0.1) is 0 Å². The second kappa shape index (κ2) is 19.4. The molecule has 6 N–H and O–H groups in total. The van der Waals surface area contributed by atoms with Crippen molar-refractivity contribution in [1.29, 1.82) is 0 Å². The maximum Gasteiger partial charge on any atom is 0.336 e. The van der Waals surface area contributed by atoms with Gasteiger partial charge in [-0.2, -0.15) is 11.8 Å². The third kappa shape index (κ3) is 9.72. The predicted octanol–water partition coefficient (Wildman–Crippen LogP) is 7.17. The van der Waals surface area contributed by atoms with Gasteiger partial charge in [0.15, 0.2) is 22.8 Å². The zero-order valence-electron chi connectivity index (χ0n) is 35.1. The van der Waals surface area contributed by atoms with Crippen molar-refractivity contribution in [3.05, 3.63) is 83.3 Å². The van der Waals surface area contributed by atoms with Crippen molar-refractivity contribution < 1.29 is 28.0 Å². The minimum atomic E-state index is -0.458. The summed E-state index contributed by atoms with van der Waals surface area (Å²) in [5.41, 5.74) is 3.31. The van der Waals surface area contributed by atoms with Crippen LogP contribution < -0.4 is 36.9 Å². The minimum absolute atomic E-state index is 0.0848. The van der Waals surface area contributed by atoms with Crippen LogP contribution in [0.2, 0.25) is 0 Å². The number of carbonyl (C=O) groups is 3. The Balaban J connectivity index is 0.753. The van der Waals surface area contributed by atoms with Crippen LogP contribution in [0, 0.1) is 0 Å². The third-order valence-corrected chi connectivity index (χ3v) is 13.8. The van der Waals surface area contributed by atoms with Gasteiger partial charge in [0, 0.05) is 71.0 Å². The number of aromatic amines is 1. The lowest BCUT2D eigenvalue weighted by molar-refractivity contribution is -0.131. The standard InChI is InChI=1S/C46H53N9O7S/c56-36(14-5-4-13-35-38-34(26-63-35)52-46(59)54-38)55(20-7-1-9-22-60-42-40-29(18-23-61-40)24-28-15-16-37(57)62-41(28)42)21-8-6-12-33-45(58)53-39-43(49-27-50-44(39)51-33)47-19-17-30-25-48-32-11-3-2-10-31(30)32/h2-3,10-11,15-16,18,23-25,27,33-35,38,48H,1,4-9,12-14,17,19-22,26H2,(H,53,58)(H2,52,54,59)(H2,47,49,50,51)/t33-,34?,35?,38?/m1/s1. The minimum Gasteiger partial charge on any atom is -0.486 e. The molecule has 9 rings (SSSR count). The van der Waals surface area contributed by atoms with Crippen LogP contribution in [0.25, 0.3) is 32.8 Å². The number of thioether (sulfide) groups is 1. The van der Waals surface area contributed by atoms with Crippen molar-refractivity contribution in [2.45, 2.75) is 94.0 Å². The van der Waals surface area contributed by atoms with Gasteiger partial charge < -0.3 is 50.0 Å². The van der Waals surface area contributed by atoms with Gasteiger partial charge in [-0.05, 0) is 87.6 Å². The van der Waals surface area contributed by atoms with Crippen LogP contribution in [0.5, 0.6) is 5.75 Å². The van der Waals surface area contributed by atoms with Gasteiger partial charge in [-0.3, -0.25) is 9.59 Å². The number of furan rings is 1. The number of urea groups is 1. The van der Waals surface area contributed by atoms with E-state index in [2.05, 4.69) is 53.7 Å². The van der Waals surface area contributed by atoms with Gasteiger partial charge in [-0.1, -0.05) is 24.6 Å². The third-order valence-electron chi connectivity index (χ3n) is 12.3. The Morgan fingerprint density at radius 1 is 0.905 bits per heavy atom. The number of carbonyl (C=O) groups excluding carboxylic acids is 3. The fraction of sp³-hybridized carbons (Fsp3) is 0.435. The van der Waals surface area contributed by atoms with Gasteiger partial charge in [0.25, 0.3) is 0 Å². The highest BCUT2D eigenvalue weighted by atomic mass is 32.2. The first-order chi connectivity index (χ1) is 30.9. The highest BCUT2D eigenvalue weighted by Crippen LogP contribution is 2.36. The normalized spacial score (nSPS) is 19.0.